The van der Waals surface area contributed by atoms with E-state index in [0.29, 0.717) is 16.5 Å². The molecule has 3 heterocycles. The zero-order chi connectivity index (χ0) is 20.6. The van der Waals surface area contributed by atoms with Crippen LogP contribution in [0.2, 0.25) is 0 Å². The lowest BCUT2D eigenvalue weighted by Gasteiger charge is -2.11. The van der Waals surface area contributed by atoms with Gasteiger partial charge in [-0.2, -0.15) is 18.4 Å². The molecule has 0 aliphatic carbocycles. The van der Waals surface area contributed by atoms with Crippen molar-refractivity contribution in [2.24, 2.45) is 0 Å². The SMILES string of the molecule is N#Cc1cccnc1-c1cc(-c2ccnc3nc(C(F)(F)F)ccc23)ccc1F. The fourth-order valence-electron chi connectivity index (χ4n) is 3.02. The number of halogens is 4. The lowest BCUT2D eigenvalue weighted by Crippen LogP contribution is -2.08. The Balaban J connectivity index is 1.90. The molecule has 0 bridgehead atoms. The molecule has 0 N–H and O–H groups in total. The second kappa shape index (κ2) is 6.95. The van der Waals surface area contributed by atoms with Gasteiger partial charge < -0.3 is 0 Å². The van der Waals surface area contributed by atoms with Crippen LogP contribution in [0.5, 0.6) is 0 Å². The van der Waals surface area contributed by atoms with E-state index in [1.165, 1.54) is 42.7 Å². The highest BCUT2D eigenvalue weighted by Crippen LogP contribution is 2.34. The van der Waals surface area contributed by atoms with Crippen molar-refractivity contribution in [3.8, 4) is 28.5 Å². The Morgan fingerprint density at radius 2 is 1.72 bits per heavy atom. The van der Waals surface area contributed by atoms with Crippen LogP contribution in [-0.4, -0.2) is 15.0 Å². The molecule has 0 fully saturated rings. The zero-order valence-corrected chi connectivity index (χ0v) is 14.6. The molecule has 8 heteroatoms. The molecule has 142 valence electrons. The van der Waals surface area contributed by atoms with E-state index in [-0.39, 0.29) is 22.5 Å². The van der Waals surface area contributed by atoms with Gasteiger partial charge in [-0.05, 0) is 53.6 Å². The van der Waals surface area contributed by atoms with Crippen LogP contribution in [-0.2, 0) is 6.18 Å². The minimum Gasteiger partial charge on any atom is -0.255 e. The highest BCUT2D eigenvalue weighted by atomic mass is 19.4. The van der Waals surface area contributed by atoms with Gasteiger partial charge in [0.15, 0.2) is 5.65 Å². The standard InChI is InChI=1S/C21H10F4N4/c22-17-5-3-12(10-16(17)19-13(11-26)2-1-8-27-19)14-7-9-28-20-15(14)4-6-18(29-20)21(23,24)25/h1-10H. The zero-order valence-electron chi connectivity index (χ0n) is 14.6. The molecule has 0 saturated carbocycles. The van der Waals surface area contributed by atoms with E-state index in [4.69, 9.17) is 0 Å². The number of aromatic nitrogens is 3. The monoisotopic (exact) mass is 394 g/mol. The van der Waals surface area contributed by atoms with Gasteiger partial charge in [0.2, 0.25) is 0 Å². The maximum absolute atomic E-state index is 14.5. The minimum atomic E-state index is -4.58. The van der Waals surface area contributed by atoms with Crippen LogP contribution in [0, 0.1) is 17.1 Å². The summed E-state index contributed by atoms with van der Waals surface area (Å²) in [5, 5.41) is 9.66. The van der Waals surface area contributed by atoms with Gasteiger partial charge in [-0.25, -0.2) is 14.4 Å². The van der Waals surface area contributed by atoms with Crippen molar-refractivity contribution in [1.82, 2.24) is 15.0 Å². The summed E-state index contributed by atoms with van der Waals surface area (Å²) in [5.41, 5.74) is 0.464. The predicted molar refractivity (Wildman–Crippen MR) is 97.9 cm³/mol. The Bertz CT molecular complexity index is 1280. The molecule has 0 saturated heterocycles. The number of rotatable bonds is 2. The number of benzene rings is 1. The molecule has 0 atom stereocenters. The van der Waals surface area contributed by atoms with Crippen LogP contribution in [0.25, 0.3) is 33.4 Å². The second-order valence-corrected chi connectivity index (χ2v) is 6.13. The summed E-state index contributed by atoms with van der Waals surface area (Å²) in [7, 11) is 0. The average molecular weight is 394 g/mol. The molecular weight excluding hydrogens is 384 g/mol. The van der Waals surface area contributed by atoms with Crippen molar-refractivity contribution >= 4 is 11.0 Å². The third-order valence-corrected chi connectivity index (χ3v) is 4.35. The molecule has 3 aromatic heterocycles. The fourth-order valence-corrected chi connectivity index (χ4v) is 3.02. The van der Waals surface area contributed by atoms with Crippen molar-refractivity contribution in [1.29, 1.82) is 5.26 Å². The number of alkyl halides is 3. The van der Waals surface area contributed by atoms with Crippen LogP contribution >= 0.6 is 0 Å². The van der Waals surface area contributed by atoms with Crippen LogP contribution < -0.4 is 0 Å². The molecule has 4 rings (SSSR count). The van der Waals surface area contributed by atoms with E-state index in [9.17, 15) is 22.8 Å². The van der Waals surface area contributed by atoms with Crippen molar-refractivity contribution < 1.29 is 17.6 Å². The van der Waals surface area contributed by atoms with Crippen LogP contribution in [0.3, 0.4) is 0 Å². The first-order valence-corrected chi connectivity index (χ1v) is 8.37. The van der Waals surface area contributed by atoms with Crippen LogP contribution in [0.4, 0.5) is 17.6 Å². The molecular formula is C21H10F4N4. The first kappa shape index (κ1) is 18.5. The molecule has 0 radical (unpaired) electrons. The van der Waals surface area contributed by atoms with Crippen LogP contribution in [0.15, 0.2) is 60.9 Å². The van der Waals surface area contributed by atoms with Crippen molar-refractivity contribution in [2.45, 2.75) is 6.18 Å². The van der Waals surface area contributed by atoms with Gasteiger partial charge >= 0.3 is 6.18 Å². The molecule has 4 nitrogen and oxygen atoms in total. The highest BCUT2D eigenvalue weighted by molar-refractivity contribution is 5.93. The topological polar surface area (TPSA) is 62.5 Å². The Hall–Kier alpha value is -3.86. The number of pyridine rings is 3. The third-order valence-electron chi connectivity index (χ3n) is 4.35. The van der Waals surface area contributed by atoms with Gasteiger partial charge in [0, 0.05) is 23.3 Å². The second-order valence-electron chi connectivity index (χ2n) is 6.13. The van der Waals surface area contributed by atoms with E-state index in [1.54, 1.807) is 12.1 Å². The van der Waals surface area contributed by atoms with Gasteiger partial charge in [-0.15, -0.1) is 0 Å². The number of nitrogens with zero attached hydrogens (tertiary/aromatic N) is 4. The van der Waals surface area contributed by atoms with Crippen molar-refractivity contribution in [3.05, 3.63) is 78.0 Å². The molecule has 29 heavy (non-hydrogen) atoms. The highest BCUT2D eigenvalue weighted by Gasteiger charge is 2.32. The molecule has 4 aromatic rings. The van der Waals surface area contributed by atoms with Crippen LogP contribution in [0.1, 0.15) is 11.3 Å². The number of hydrogen-bond donors (Lipinski definition) is 0. The molecule has 0 spiro atoms. The fraction of sp³-hybridized carbons (Fsp3) is 0.0476. The molecule has 1 aromatic carbocycles. The van der Waals surface area contributed by atoms with Crippen molar-refractivity contribution in [3.63, 3.8) is 0 Å². The summed E-state index contributed by atoms with van der Waals surface area (Å²) in [6, 6.07) is 13.1. The lowest BCUT2D eigenvalue weighted by atomic mass is 9.97. The average Bonchev–Trinajstić information content (AvgIpc) is 2.72. The lowest BCUT2D eigenvalue weighted by molar-refractivity contribution is -0.141. The summed E-state index contributed by atoms with van der Waals surface area (Å²) < 4.78 is 53.3. The summed E-state index contributed by atoms with van der Waals surface area (Å²) in [6.07, 6.45) is -1.79. The molecule has 0 amide bonds. The number of hydrogen-bond acceptors (Lipinski definition) is 4. The Morgan fingerprint density at radius 3 is 2.48 bits per heavy atom. The normalized spacial score (nSPS) is 11.4. The van der Waals surface area contributed by atoms with Crippen molar-refractivity contribution in [2.75, 3.05) is 0 Å². The predicted octanol–water partition coefficient (Wildman–Crippen LogP) is 5.39. The summed E-state index contributed by atoms with van der Waals surface area (Å²) in [6.45, 7) is 0. The van der Waals surface area contributed by atoms with Gasteiger partial charge in [0.1, 0.15) is 17.6 Å². The summed E-state index contributed by atoms with van der Waals surface area (Å²) >= 11 is 0. The van der Waals surface area contributed by atoms with E-state index in [0.717, 1.165) is 6.07 Å². The first-order valence-electron chi connectivity index (χ1n) is 8.37. The molecule has 0 aliphatic rings. The summed E-state index contributed by atoms with van der Waals surface area (Å²) in [4.78, 5) is 11.6. The Labute approximate surface area is 162 Å². The molecule has 0 unspecified atom stereocenters. The minimum absolute atomic E-state index is 0.0706. The smallest absolute Gasteiger partial charge is 0.255 e. The first-order chi connectivity index (χ1) is 13.9. The maximum atomic E-state index is 14.5. The van der Waals surface area contributed by atoms with E-state index in [2.05, 4.69) is 15.0 Å². The quantitative estimate of drug-likeness (QED) is 0.428. The van der Waals surface area contributed by atoms with Gasteiger partial charge in [0.05, 0.1) is 11.3 Å². The Morgan fingerprint density at radius 1 is 0.897 bits per heavy atom. The van der Waals surface area contributed by atoms with Gasteiger partial charge in [-0.1, -0.05) is 6.07 Å². The van der Waals surface area contributed by atoms with Gasteiger partial charge in [-0.3, -0.25) is 4.98 Å². The summed E-state index contributed by atoms with van der Waals surface area (Å²) in [5.74, 6) is -0.570. The van der Waals surface area contributed by atoms with E-state index < -0.39 is 17.7 Å². The number of fused-ring (bicyclic) bond motifs is 1. The third kappa shape index (κ3) is 3.38. The number of nitriles is 1. The van der Waals surface area contributed by atoms with E-state index >= 15 is 0 Å². The Kier molecular flexibility index (Phi) is 4.43. The maximum Gasteiger partial charge on any atom is 0.433 e. The molecule has 0 aliphatic heterocycles. The van der Waals surface area contributed by atoms with Gasteiger partial charge in [0.25, 0.3) is 0 Å². The van der Waals surface area contributed by atoms with E-state index in [1.807, 2.05) is 6.07 Å². The largest absolute Gasteiger partial charge is 0.433 e.